The highest BCUT2D eigenvalue weighted by atomic mass is 35.5. The molecule has 4 nitrogen and oxygen atoms in total. The normalized spacial score (nSPS) is 10.8. The fourth-order valence-electron chi connectivity index (χ4n) is 2.95. The number of halogens is 1. The van der Waals surface area contributed by atoms with Gasteiger partial charge in [0.25, 0.3) is 5.91 Å². The number of hydrogen-bond acceptors (Lipinski definition) is 2. The Balaban J connectivity index is 1.53. The number of hydrogen-bond donors (Lipinski definition) is 1. The molecule has 1 aromatic heterocycles. The summed E-state index contributed by atoms with van der Waals surface area (Å²) in [6.07, 6.45) is 1.85. The van der Waals surface area contributed by atoms with Crippen LogP contribution in [-0.2, 0) is 6.54 Å². The number of nitrogens with zero attached hydrogens (tertiary/aromatic N) is 2. The maximum atomic E-state index is 12.3. The molecule has 1 N–H and O–H groups in total. The van der Waals surface area contributed by atoms with Crippen LogP contribution in [0.3, 0.4) is 0 Å². The van der Waals surface area contributed by atoms with Crippen LogP contribution in [0.25, 0.3) is 10.8 Å². The zero-order valence-electron chi connectivity index (χ0n) is 13.9. The summed E-state index contributed by atoms with van der Waals surface area (Å²) in [7, 11) is 0. The van der Waals surface area contributed by atoms with E-state index in [1.54, 1.807) is 30.3 Å². The maximum Gasteiger partial charge on any atom is 0.258 e. The van der Waals surface area contributed by atoms with E-state index >= 15 is 0 Å². The van der Waals surface area contributed by atoms with Crippen LogP contribution >= 0.6 is 11.6 Å². The van der Waals surface area contributed by atoms with Gasteiger partial charge < -0.3 is 5.32 Å². The van der Waals surface area contributed by atoms with E-state index in [1.807, 2.05) is 29.1 Å². The third kappa shape index (κ3) is 3.32. The lowest BCUT2D eigenvalue weighted by atomic mass is 10.0. The van der Waals surface area contributed by atoms with Crippen molar-refractivity contribution in [3.63, 3.8) is 0 Å². The molecule has 0 radical (unpaired) electrons. The summed E-state index contributed by atoms with van der Waals surface area (Å²) >= 11 is 6.07. The Labute approximate surface area is 156 Å². The van der Waals surface area contributed by atoms with E-state index < -0.39 is 0 Å². The average Bonchev–Trinajstić information content (AvgIpc) is 3.09. The molecule has 0 spiro atoms. The van der Waals surface area contributed by atoms with Gasteiger partial charge in [-0.25, -0.2) is 0 Å². The molecule has 0 aliphatic rings. The average molecular weight is 362 g/mol. The van der Waals surface area contributed by atoms with Crippen molar-refractivity contribution in [2.75, 3.05) is 5.32 Å². The van der Waals surface area contributed by atoms with Gasteiger partial charge in [0.1, 0.15) is 0 Å². The second-order valence-electron chi connectivity index (χ2n) is 5.97. The van der Waals surface area contributed by atoms with Crippen molar-refractivity contribution in [1.82, 2.24) is 9.78 Å². The van der Waals surface area contributed by atoms with Gasteiger partial charge in [-0.05, 0) is 28.5 Å². The molecule has 1 heterocycles. The van der Waals surface area contributed by atoms with Gasteiger partial charge in [0, 0.05) is 12.3 Å². The Morgan fingerprint density at radius 3 is 2.62 bits per heavy atom. The molecular weight excluding hydrogens is 346 g/mol. The number of aromatic nitrogens is 2. The summed E-state index contributed by atoms with van der Waals surface area (Å²) in [6, 6.07) is 23.2. The van der Waals surface area contributed by atoms with Crippen LogP contribution in [0.4, 0.5) is 5.82 Å². The van der Waals surface area contributed by atoms with E-state index in [0.29, 0.717) is 22.9 Å². The van der Waals surface area contributed by atoms with Crippen LogP contribution in [0.1, 0.15) is 15.9 Å². The number of amides is 1. The molecule has 1 amide bonds. The number of carbonyl (C=O) groups is 1. The summed E-state index contributed by atoms with van der Waals surface area (Å²) in [4.78, 5) is 12.3. The lowest BCUT2D eigenvalue weighted by molar-refractivity contribution is 0.102. The second kappa shape index (κ2) is 7.02. The van der Waals surface area contributed by atoms with E-state index in [0.717, 1.165) is 0 Å². The number of rotatable bonds is 4. The quantitative estimate of drug-likeness (QED) is 0.556. The first-order valence-corrected chi connectivity index (χ1v) is 8.64. The van der Waals surface area contributed by atoms with Gasteiger partial charge in [0.15, 0.2) is 5.82 Å². The standard InChI is InChI=1S/C21H16ClN3O/c22-19-11-4-3-10-18(19)21(26)23-20-12-13-25(24-20)14-16-8-5-7-15-6-1-2-9-17(15)16/h1-13H,14H2,(H,23,24,26). The van der Waals surface area contributed by atoms with Gasteiger partial charge in [0.2, 0.25) is 0 Å². The van der Waals surface area contributed by atoms with Crippen LogP contribution in [0.2, 0.25) is 5.02 Å². The van der Waals surface area contributed by atoms with Gasteiger partial charge in [-0.3, -0.25) is 9.48 Å². The molecule has 3 aromatic carbocycles. The molecule has 4 aromatic rings. The van der Waals surface area contributed by atoms with Crippen molar-refractivity contribution < 1.29 is 4.79 Å². The summed E-state index contributed by atoms with van der Waals surface area (Å²) < 4.78 is 1.81. The number of benzene rings is 3. The molecular formula is C21H16ClN3O. The molecule has 0 saturated carbocycles. The first kappa shape index (κ1) is 16.4. The van der Waals surface area contributed by atoms with E-state index in [2.05, 4.69) is 34.7 Å². The predicted molar refractivity (Wildman–Crippen MR) is 105 cm³/mol. The zero-order valence-corrected chi connectivity index (χ0v) is 14.6. The van der Waals surface area contributed by atoms with Gasteiger partial charge in [0.05, 0.1) is 17.1 Å². The lowest BCUT2D eigenvalue weighted by Crippen LogP contribution is -2.13. The van der Waals surface area contributed by atoms with Crippen molar-refractivity contribution in [3.05, 3.63) is 95.1 Å². The fraction of sp³-hybridized carbons (Fsp3) is 0.0476. The molecule has 0 unspecified atom stereocenters. The van der Waals surface area contributed by atoms with Crippen molar-refractivity contribution in [1.29, 1.82) is 0 Å². The molecule has 0 aliphatic carbocycles. The van der Waals surface area contributed by atoms with E-state index in [-0.39, 0.29) is 5.91 Å². The highest BCUT2D eigenvalue weighted by molar-refractivity contribution is 6.34. The van der Waals surface area contributed by atoms with Gasteiger partial charge in [-0.15, -0.1) is 0 Å². The summed E-state index contributed by atoms with van der Waals surface area (Å²) in [5, 5.41) is 10.1. The van der Waals surface area contributed by atoms with Crippen LogP contribution in [-0.4, -0.2) is 15.7 Å². The van der Waals surface area contributed by atoms with Crippen molar-refractivity contribution in [2.45, 2.75) is 6.54 Å². The minimum Gasteiger partial charge on any atom is -0.305 e. The minimum atomic E-state index is -0.272. The Hall–Kier alpha value is -3.11. The van der Waals surface area contributed by atoms with Crippen molar-refractivity contribution in [2.24, 2.45) is 0 Å². The Kier molecular flexibility index (Phi) is 4.42. The number of fused-ring (bicyclic) bond motifs is 1. The molecule has 128 valence electrons. The van der Waals surface area contributed by atoms with Crippen LogP contribution in [0, 0.1) is 0 Å². The first-order valence-electron chi connectivity index (χ1n) is 8.27. The third-order valence-electron chi connectivity index (χ3n) is 4.21. The monoisotopic (exact) mass is 361 g/mol. The van der Waals surface area contributed by atoms with Crippen molar-refractivity contribution >= 4 is 34.1 Å². The fourth-order valence-corrected chi connectivity index (χ4v) is 3.17. The van der Waals surface area contributed by atoms with Crippen LogP contribution in [0.5, 0.6) is 0 Å². The first-order chi connectivity index (χ1) is 12.7. The van der Waals surface area contributed by atoms with E-state index in [4.69, 9.17) is 11.6 Å². The molecule has 26 heavy (non-hydrogen) atoms. The van der Waals surface area contributed by atoms with E-state index in [9.17, 15) is 4.79 Å². The smallest absolute Gasteiger partial charge is 0.258 e. The summed E-state index contributed by atoms with van der Waals surface area (Å²) in [5.41, 5.74) is 1.60. The Morgan fingerprint density at radius 1 is 0.962 bits per heavy atom. The van der Waals surface area contributed by atoms with Gasteiger partial charge in [-0.1, -0.05) is 66.2 Å². The molecule has 0 saturated heterocycles. The lowest BCUT2D eigenvalue weighted by Gasteiger charge is -2.07. The topological polar surface area (TPSA) is 46.9 Å². The van der Waals surface area contributed by atoms with Gasteiger partial charge >= 0.3 is 0 Å². The zero-order chi connectivity index (χ0) is 17.9. The molecule has 0 aliphatic heterocycles. The van der Waals surface area contributed by atoms with Gasteiger partial charge in [-0.2, -0.15) is 5.10 Å². The van der Waals surface area contributed by atoms with E-state index in [1.165, 1.54) is 16.3 Å². The SMILES string of the molecule is O=C(Nc1ccn(Cc2cccc3ccccc23)n1)c1ccccc1Cl. The molecule has 4 rings (SSSR count). The van der Waals surface area contributed by atoms with Crippen molar-refractivity contribution in [3.8, 4) is 0 Å². The van der Waals surface area contributed by atoms with Crippen LogP contribution in [0.15, 0.2) is 79.0 Å². The maximum absolute atomic E-state index is 12.3. The third-order valence-corrected chi connectivity index (χ3v) is 4.54. The number of nitrogens with one attached hydrogen (secondary N) is 1. The Bertz CT molecular complexity index is 1080. The second-order valence-corrected chi connectivity index (χ2v) is 6.38. The largest absolute Gasteiger partial charge is 0.305 e. The number of carbonyl (C=O) groups excluding carboxylic acids is 1. The molecule has 0 bridgehead atoms. The highest BCUT2D eigenvalue weighted by Gasteiger charge is 2.11. The molecule has 0 fully saturated rings. The summed E-state index contributed by atoms with van der Waals surface area (Å²) in [6.45, 7) is 0.628. The molecule has 0 atom stereocenters. The predicted octanol–water partition coefficient (Wildman–Crippen LogP) is 4.99. The number of anilines is 1. The summed E-state index contributed by atoms with van der Waals surface area (Å²) in [5.74, 6) is 0.223. The molecule has 5 heteroatoms. The minimum absolute atomic E-state index is 0.272. The highest BCUT2D eigenvalue weighted by Crippen LogP contribution is 2.20. The Morgan fingerprint density at radius 2 is 1.73 bits per heavy atom. The van der Waals surface area contributed by atoms with Crippen LogP contribution < -0.4 is 5.32 Å².